The minimum absolute atomic E-state index is 0.720. The van der Waals surface area contributed by atoms with Gasteiger partial charge in [-0.3, -0.25) is 0 Å². The first-order valence-electron chi connectivity index (χ1n) is 6.71. The van der Waals surface area contributed by atoms with Gasteiger partial charge in [0, 0.05) is 36.8 Å². The molecule has 17 heavy (non-hydrogen) atoms. The molecule has 2 rings (SSSR count). The van der Waals surface area contributed by atoms with Gasteiger partial charge >= 0.3 is 0 Å². The fourth-order valence-corrected chi connectivity index (χ4v) is 3.77. The Morgan fingerprint density at radius 2 is 2.29 bits per heavy atom. The van der Waals surface area contributed by atoms with Gasteiger partial charge in [-0.15, -0.1) is 0 Å². The summed E-state index contributed by atoms with van der Waals surface area (Å²) in [4.78, 5) is 4.06. The summed E-state index contributed by atoms with van der Waals surface area (Å²) in [6.07, 6.45) is 11.3. The molecule has 1 saturated carbocycles. The molecule has 0 aromatic carbocycles. The van der Waals surface area contributed by atoms with Gasteiger partial charge in [0.05, 0.1) is 6.33 Å². The molecule has 1 N–H and O–H groups in total. The highest BCUT2D eigenvalue weighted by molar-refractivity contribution is 7.99. The Kier molecular flexibility index (Phi) is 5.39. The molecule has 2 atom stereocenters. The lowest BCUT2D eigenvalue weighted by atomic mass is 9.95. The zero-order valence-corrected chi connectivity index (χ0v) is 11.5. The molecule has 1 aromatic rings. The van der Waals surface area contributed by atoms with E-state index >= 15 is 0 Å². The predicted octanol–water partition coefficient (Wildman–Crippen LogP) is 2.54. The molecule has 0 radical (unpaired) electrons. The molecule has 96 valence electrons. The minimum Gasteiger partial charge on any atom is -0.336 e. The second kappa shape index (κ2) is 7.07. The molecule has 1 aliphatic carbocycles. The van der Waals surface area contributed by atoms with E-state index in [1.54, 1.807) is 0 Å². The quantitative estimate of drug-likeness (QED) is 0.845. The maximum atomic E-state index is 4.06. The van der Waals surface area contributed by atoms with Crippen molar-refractivity contribution in [2.24, 2.45) is 0 Å². The third kappa shape index (κ3) is 4.03. The molecule has 1 aromatic heterocycles. The maximum Gasteiger partial charge on any atom is 0.0946 e. The van der Waals surface area contributed by atoms with Gasteiger partial charge < -0.3 is 9.88 Å². The fourth-order valence-electron chi connectivity index (χ4n) is 2.54. The number of nitrogens with zero attached hydrogens (tertiary/aromatic N) is 2. The molecular weight excluding hydrogens is 230 g/mol. The largest absolute Gasteiger partial charge is 0.336 e. The van der Waals surface area contributed by atoms with Crippen LogP contribution >= 0.6 is 11.8 Å². The lowest BCUT2D eigenvalue weighted by molar-refractivity contribution is 0.378. The van der Waals surface area contributed by atoms with E-state index in [0.29, 0.717) is 0 Å². The van der Waals surface area contributed by atoms with Gasteiger partial charge in [-0.2, -0.15) is 11.8 Å². The summed E-state index contributed by atoms with van der Waals surface area (Å²) in [6, 6.07) is 0.720. The van der Waals surface area contributed by atoms with Crippen molar-refractivity contribution in [2.45, 2.75) is 50.4 Å². The lowest BCUT2D eigenvalue weighted by Crippen LogP contribution is -2.41. The number of thioether (sulfide) groups is 1. The third-order valence-corrected chi connectivity index (χ3v) is 4.74. The Hall–Kier alpha value is -0.480. The van der Waals surface area contributed by atoms with Crippen LogP contribution in [0.2, 0.25) is 0 Å². The molecule has 4 heteroatoms. The van der Waals surface area contributed by atoms with E-state index in [0.717, 1.165) is 24.4 Å². The van der Waals surface area contributed by atoms with Crippen LogP contribution in [0.3, 0.4) is 0 Å². The zero-order valence-electron chi connectivity index (χ0n) is 10.6. The van der Waals surface area contributed by atoms with E-state index in [9.17, 15) is 0 Å². The van der Waals surface area contributed by atoms with Crippen molar-refractivity contribution in [1.29, 1.82) is 0 Å². The first-order valence-corrected chi connectivity index (χ1v) is 7.75. The smallest absolute Gasteiger partial charge is 0.0946 e. The number of hydrogen-bond acceptors (Lipinski definition) is 3. The summed E-state index contributed by atoms with van der Waals surface area (Å²) in [5, 5.41) is 4.56. The summed E-state index contributed by atoms with van der Waals surface area (Å²) in [6.45, 7) is 4.35. The van der Waals surface area contributed by atoms with Crippen LogP contribution in [-0.4, -0.2) is 33.1 Å². The Balaban J connectivity index is 1.72. The Bertz CT molecular complexity index is 298. The van der Waals surface area contributed by atoms with Crippen molar-refractivity contribution in [3.05, 3.63) is 18.7 Å². The highest BCUT2D eigenvalue weighted by atomic mass is 32.2. The van der Waals surface area contributed by atoms with Crippen LogP contribution in [-0.2, 0) is 6.54 Å². The van der Waals surface area contributed by atoms with Gasteiger partial charge in [-0.25, -0.2) is 4.98 Å². The van der Waals surface area contributed by atoms with Crippen molar-refractivity contribution in [3.63, 3.8) is 0 Å². The first-order chi connectivity index (χ1) is 8.40. The normalized spacial score (nSPS) is 25.0. The van der Waals surface area contributed by atoms with Crippen LogP contribution in [0.5, 0.6) is 0 Å². The van der Waals surface area contributed by atoms with E-state index in [1.807, 2.05) is 18.7 Å². The second-order valence-corrected chi connectivity index (χ2v) is 6.16. The van der Waals surface area contributed by atoms with Gasteiger partial charge in [0.25, 0.3) is 0 Å². The van der Waals surface area contributed by atoms with E-state index < -0.39 is 0 Å². The van der Waals surface area contributed by atoms with Gasteiger partial charge in [-0.05, 0) is 18.6 Å². The van der Waals surface area contributed by atoms with Crippen molar-refractivity contribution < 1.29 is 0 Å². The average Bonchev–Trinajstić information content (AvgIpc) is 2.85. The molecular formula is C13H23N3S. The van der Waals surface area contributed by atoms with Crippen LogP contribution in [0.1, 0.15) is 32.6 Å². The topological polar surface area (TPSA) is 29.9 Å². The minimum atomic E-state index is 0.720. The summed E-state index contributed by atoms with van der Waals surface area (Å²) >= 11 is 2.13. The van der Waals surface area contributed by atoms with E-state index in [2.05, 4.69) is 33.6 Å². The molecule has 0 unspecified atom stereocenters. The molecule has 0 saturated heterocycles. The van der Waals surface area contributed by atoms with Gasteiger partial charge in [0.2, 0.25) is 0 Å². The zero-order chi connectivity index (χ0) is 11.9. The number of aromatic nitrogens is 2. The standard InChI is InChI=1S/C13H23N3S/c1-2-17-13-6-4-3-5-12(13)15-8-10-16-9-7-14-11-16/h7,9,11-13,15H,2-6,8,10H2,1H3/t12-,13+/m0/s1. The maximum absolute atomic E-state index is 4.06. The van der Waals surface area contributed by atoms with E-state index in [1.165, 1.54) is 31.4 Å². The van der Waals surface area contributed by atoms with Gasteiger partial charge in [0.15, 0.2) is 0 Å². The average molecular weight is 253 g/mol. The highest BCUT2D eigenvalue weighted by Gasteiger charge is 2.23. The van der Waals surface area contributed by atoms with Crippen LogP contribution in [0.15, 0.2) is 18.7 Å². The van der Waals surface area contributed by atoms with Crippen molar-refractivity contribution in [1.82, 2.24) is 14.9 Å². The van der Waals surface area contributed by atoms with Gasteiger partial charge in [-0.1, -0.05) is 19.8 Å². The SMILES string of the molecule is CCS[C@@H]1CCCC[C@@H]1NCCn1ccnc1. The van der Waals surface area contributed by atoms with Crippen molar-refractivity contribution in [2.75, 3.05) is 12.3 Å². The molecule has 0 amide bonds. The van der Waals surface area contributed by atoms with Crippen LogP contribution in [0, 0.1) is 0 Å². The first kappa shape index (κ1) is 13.0. The summed E-state index contributed by atoms with van der Waals surface area (Å²) < 4.78 is 2.14. The van der Waals surface area contributed by atoms with E-state index in [4.69, 9.17) is 0 Å². The summed E-state index contributed by atoms with van der Waals surface area (Å²) in [5.74, 6) is 1.24. The molecule has 1 aliphatic rings. The Morgan fingerprint density at radius 1 is 1.41 bits per heavy atom. The fraction of sp³-hybridized carbons (Fsp3) is 0.769. The van der Waals surface area contributed by atoms with Crippen molar-refractivity contribution in [3.8, 4) is 0 Å². The van der Waals surface area contributed by atoms with E-state index in [-0.39, 0.29) is 0 Å². The summed E-state index contributed by atoms with van der Waals surface area (Å²) in [7, 11) is 0. The monoisotopic (exact) mass is 253 g/mol. The molecule has 0 bridgehead atoms. The molecule has 1 fully saturated rings. The molecule has 0 aliphatic heterocycles. The Labute approximate surface area is 108 Å². The third-order valence-electron chi connectivity index (χ3n) is 3.42. The number of imidazole rings is 1. The highest BCUT2D eigenvalue weighted by Crippen LogP contribution is 2.28. The Morgan fingerprint density at radius 3 is 3.06 bits per heavy atom. The summed E-state index contributed by atoms with van der Waals surface area (Å²) in [5.41, 5.74) is 0. The number of nitrogens with one attached hydrogen (secondary N) is 1. The predicted molar refractivity (Wildman–Crippen MR) is 74.4 cm³/mol. The lowest BCUT2D eigenvalue weighted by Gasteiger charge is -2.31. The number of hydrogen-bond donors (Lipinski definition) is 1. The van der Waals surface area contributed by atoms with Crippen LogP contribution in [0.25, 0.3) is 0 Å². The molecule has 3 nitrogen and oxygen atoms in total. The van der Waals surface area contributed by atoms with Gasteiger partial charge in [0.1, 0.15) is 0 Å². The van der Waals surface area contributed by atoms with Crippen LogP contribution in [0.4, 0.5) is 0 Å². The molecule has 0 spiro atoms. The second-order valence-electron chi connectivity index (χ2n) is 4.64. The van der Waals surface area contributed by atoms with Crippen molar-refractivity contribution >= 4 is 11.8 Å². The molecule has 1 heterocycles. The number of rotatable bonds is 6. The van der Waals surface area contributed by atoms with Crippen LogP contribution < -0.4 is 5.32 Å².